The van der Waals surface area contributed by atoms with Crippen molar-refractivity contribution in [2.75, 3.05) is 35.8 Å². The fourth-order valence-electron chi connectivity index (χ4n) is 2.67. The number of nitrogens with one attached hydrogen (secondary N) is 1. The molecule has 0 spiro atoms. The Morgan fingerprint density at radius 2 is 1.50 bits per heavy atom. The summed E-state index contributed by atoms with van der Waals surface area (Å²) in [6.45, 7) is 2.44. The third kappa shape index (κ3) is 3.42. The molecule has 0 unspecified atom stereocenters. The van der Waals surface area contributed by atoms with E-state index < -0.39 is 0 Å². The van der Waals surface area contributed by atoms with Crippen molar-refractivity contribution in [3.05, 3.63) is 35.4 Å². The van der Waals surface area contributed by atoms with Crippen LogP contribution in [0.3, 0.4) is 0 Å². The van der Waals surface area contributed by atoms with Crippen molar-refractivity contribution in [1.82, 2.24) is 0 Å². The van der Waals surface area contributed by atoms with Crippen LogP contribution in [0.5, 0.6) is 11.5 Å². The van der Waals surface area contributed by atoms with Crippen molar-refractivity contribution in [1.29, 1.82) is 0 Å². The van der Waals surface area contributed by atoms with Crippen LogP contribution in [0.2, 0.25) is 0 Å². The maximum Gasteiger partial charge on any atom is 0.183 e. The van der Waals surface area contributed by atoms with E-state index in [2.05, 4.69) is 5.32 Å². The molecular formula is C18H26N4O2. The van der Waals surface area contributed by atoms with Gasteiger partial charge < -0.3 is 31.9 Å². The molecule has 0 saturated heterocycles. The molecule has 2 aromatic carbocycles. The van der Waals surface area contributed by atoms with Gasteiger partial charge in [0.2, 0.25) is 0 Å². The standard InChI is InChI=1S/C18H26N4O2/c1-4-5-13-14(16(20)18(24)17(23)15(13)19)10-21-11-6-8-12(9-7-11)22(2)3/h6-9,21,23-24H,4-5,10,19-20H2,1-3H3. The van der Waals surface area contributed by atoms with Gasteiger partial charge in [0.05, 0.1) is 11.4 Å². The van der Waals surface area contributed by atoms with Gasteiger partial charge >= 0.3 is 0 Å². The molecule has 0 aromatic heterocycles. The Labute approximate surface area is 142 Å². The summed E-state index contributed by atoms with van der Waals surface area (Å²) in [5, 5.41) is 23.2. The van der Waals surface area contributed by atoms with E-state index in [0.717, 1.165) is 28.9 Å². The zero-order valence-electron chi connectivity index (χ0n) is 14.4. The second-order valence-corrected chi connectivity index (χ2v) is 6.03. The van der Waals surface area contributed by atoms with Gasteiger partial charge in [-0.1, -0.05) is 13.3 Å². The second kappa shape index (κ2) is 7.21. The number of aromatic hydroxyl groups is 2. The second-order valence-electron chi connectivity index (χ2n) is 6.03. The predicted octanol–water partition coefficient (Wildman–Crippen LogP) is 2.89. The van der Waals surface area contributed by atoms with Crippen LogP contribution in [-0.4, -0.2) is 24.3 Å². The first-order chi connectivity index (χ1) is 11.4. The summed E-state index contributed by atoms with van der Waals surface area (Å²) >= 11 is 0. The molecule has 6 heteroatoms. The number of benzene rings is 2. The van der Waals surface area contributed by atoms with E-state index in [9.17, 15) is 10.2 Å². The Kier molecular flexibility index (Phi) is 5.28. The molecule has 130 valence electrons. The SMILES string of the molecule is CCCc1c(N)c(O)c(O)c(N)c1CNc1ccc(N(C)C)cc1. The Balaban J connectivity index is 2.28. The molecule has 2 rings (SSSR count). The summed E-state index contributed by atoms with van der Waals surface area (Å²) in [4.78, 5) is 2.03. The summed E-state index contributed by atoms with van der Waals surface area (Å²) in [5.74, 6) is -0.692. The summed E-state index contributed by atoms with van der Waals surface area (Å²) in [7, 11) is 3.98. The number of phenolic OH excluding ortho intramolecular Hbond substituents is 2. The average molecular weight is 330 g/mol. The highest BCUT2D eigenvalue weighted by Gasteiger charge is 2.19. The van der Waals surface area contributed by atoms with Crippen molar-refractivity contribution in [3.63, 3.8) is 0 Å². The molecule has 0 fully saturated rings. The average Bonchev–Trinajstić information content (AvgIpc) is 2.58. The summed E-state index contributed by atoms with van der Waals surface area (Å²) in [6, 6.07) is 7.99. The zero-order valence-corrected chi connectivity index (χ0v) is 14.4. The van der Waals surface area contributed by atoms with Gasteiger partial charge in [0.25, 0.3) is 0 Å². The molecule has 24 heavy (non-hydrogen) atoms. The molecule has 0 aliphatic carbocycles. The van der Waals surface area contributed by atoms with Crippen LogP contribution < -0.4 is 21.7 Å². The molecule has 7 N–H and O–H groups in total. The van der Waals surface area contributed by atoms with E-state index in [0.29, 0.717) is 13.0 Å². The van der Waals surface area contributed by atoms with E-state index in [4.69, 9.17) is 11.5 Å². The maximum atomic E-state index is 9.97. The number of anilines is 4. The van der Waals surface area contributed by atoms with Crippen LogP contribution in [0.4, 0.5) is 22.7 Å². The number of nitrogens with zero attached hydrogens (tertiary/aromatic N) is 1. The lowest BCUT2D eigenvalue weighted by molar-refractivity contribution is 0.406. The Bertz CT molecular complexity index is 712. The molecule has 0 aliphatic heterocycles. The molecule has 0 saturated carbocycles. The Morgan fingerprint density at radius 1 is 0.958 bits per heavy atom. The van der Waals surface area contributed by atoms with Crippen LogP contribution in [0.15, 0.2) is 24.3 Å². The van der Waals surface area contributed by atoms with E-state index in [1.165, 1.54) is 0 Å². The minimum Gasteiger partial charge on any atom is -0.503 e. The lowest BCUT2D eigenvalue weighted by Gasteiger charge is -2.19. The normalized spacial score (nSPS) is 10.6. The van der Waals surface area contributed by atoms with Gasteiger partial charge in [0.15, 0.2) is 11.5 Å². The molecule has 0 aliphatic rings. The minimum atomic E-state index is -0.355. The van der Waals surface area contributed by atoms with Gasteiger partial charge in [-0.2, -0.15) is 0 Å². The Hall–Kier alpha value is -2.76. The van der Waals surface area contributed by atoms with Crippen LogP contribution in [0, 0.1) is 0 Å². The van der Waals surface area contributed by atoms with Gasteiger partial charge in [-0.25, -0.2) is 0 Å². The van der Waals surface area contributed by atoms with Crippen molar-refractivity contribution >= 4 is 22.7 Å². The lowest BCUT2D eigenvalue weighted by atomic mass is 9.97. The number of phenols is 2. The van der Waals surface area contributed by atoms with E-state index in [1.807, 2.05) is 50.2 Å². The first kappa shape index (κ1) is 17.6. The van der Waals surface area contributed by atoms with Crippen molar-refractivity contribution in [3.8, 4) is 11.5 Å². The summed E-state index contributed by atoms with van der Waals surface area (Å²) in [6.07, 6.45) is 1.54. The van der Waals surface area contributed by atoms with Gasteiger partial charge in [-0.05, 0) is 36.2 Å². The van der Waals surface area contributed by atoms with Crippen LogP contribution >= 0.6 is 0 Å². The maximum absolute atomic E-state index is 9.97. The lowest BCUT2D eigenvalue weighted by Crippen LogP contribution is -2.10. The molecule has 0 radical (unpaired) electrons. The topological polar surface area (TPSA) is 108 Å². The highest BCUT2D eigenvalue weighted by atomic mass is 16.3. The van der Waals surface area contributed by atoms with Gasteiger partial charge in [-0.3, -0.25) is 0 Å². The van der Waals surface area contributed by atoms with Gasteiger partial charge in [-0.15, -0.1) is 0 Å². The third-order valence-corrected chi connectivity index (χ3v) is 4.10. The van der Waals surface area contributed by atoms with E-state index in [-0.39, 0.29) is 22.9 Å². The smallest absolute Gasteiger partial charge is 0.183 e. The monoisotopic (exact) mass is 330 g/mol. The number of rotatable bonds is 6. The van der Waals surface area contributed by atoms with Crippen LogP contribution in [0.25, 0.3) is 0 Å². The van der Waals surface area contributed by atoms with Gasteiger partial charge in [0.1, 0.15) is 0 Å². The first-order valence-electron chi connectivity index (χ1n) is 7.98. The molecule has 0 heterocycles. The molecule has 2 aromatic rings. The first-order valence-corrected chi connectivity index (χ1v) is 7.98. The van der Waals surface area contributed by atoms with Crippen LogP contribution in [0.1, 0.15) is 24.5 Å². The van der Waals surface area contributed by atoms with Crippen molar-refractivity contribution in [2.24, 2.45) is 0 Å². The quantitative estimate of drug-likeness (QED) is 0.412. The molecule has 0 atom stereocenters. The fourth-order valence-corrected chi connectivity index (χ4v) is 2.67. The van der Waals surface area contributed by atoms with E-state index >= 15 is 0 Å². The number of hydrogen-bond donors (Lipinski definition) is 5. The van der Waals surface area contributed by atoms with Crippen molar-refractivity contribution < 1.29 is 10.2 Å². The van der Waals surface area contributed by atoms with E-state index in [1.54, 1.807) is 0 Å². The highest BCUT2D eigenvalue weighted by Crippen LogP contribution is 2.43. The number of nitrogen functional groups attached to an aromatic ring is 2. The fraction of sp³-hybridized carbons (Fsp3) is 0.333. The van der Waals surface area contributed by atoms with Crippen LogP contribution in [-0.2, 0) is 13.0 Å². The molecule has 6 nitrogen and oxygen atoms in total. The summed E-state index contributed by atoms with van der Waals surface area (Å²) in [5.41, 5.74) is 15.9. The Morgan fingerprint density at radius 3 is 2.00 bits per heavy atom. The number of hydrogen-bond acceptors (Lipinski definition) is 6. The van der Waals surface area contributed by atoms with Gasteiger partial charge in [0, 0.05) is 37.6 Å². The predicted molar refractivity (Wildman–Crippen MR) is 101 cm³/mol. The largest absolute Gasteiger partial charge is 0.503 e. The molecule has 0 bridgehead atoms. The minimum absolute atomic E-state index is 0.169. The summed E-state index contributed by atoms with van der Waals surface area (Å²) < 4.78 is 0. The third-order valence-electron chi connectivity index (χ3n) is 4.10. The van der Waals surface area contributed by atoms with Crippen molar-refractivity contribution in [2.45, 2.75) is 26.3 Å². The zero-order chi connectivity index (χ0) is 17.9. The number of nitrogens with two attached hydrogens (primary N) is 2. The molecular weight excluding hydrogens is 304 g/mol. The highest BCUT2D eigenvalue weighted by molar-refractivity contribution is 5.77. The molecule has 0 amide bonds.